The Kier molecular flexibility index (Phi) is 3.76. The van der Waals surface area contributed by atoms with E-state index in [0.717, 1.165) is 15.8 Å². The van der Waals surface area contributed by atoms with Gasteiger partial charge in [-0.3, -0.25) is 4.98 Å². The summed E-state index contributed by atoms with van der Waals surface area (Å²) in [5.41, 5.74) is 1.43. The molecule has 3 nitrogen and oxygen atoms in total. The first kappa shape index (κ1) is 13.5. The third kappa shape index (κ3) is 2.56. The monoisotopic (exact) mass is 292 g/mol. The van der Waals surface area contributed by atoms with Crippen molar-refractivity contribution in [2.75, 3.05) is 6.26 Å². The number of ether oxygens (including phenoxy) is 1. The second kappa shape index (κ2) is 5.86. The van der Waals surface area contributed by atoms with Crippen LogP contribution in [-0.2, 0) is 0 Å². The lowest BCUT2D eigenvalue weighted by molar-refractivity contribution is 0.485. The molecule has 3 rings (SSSR count). The van der Waals surface area contributed by atoms with E-state index in [-0.39, 0.29) is 0 Å². The summed E-state index contributed by atoms with van der Waals surface area (Å²) < 4.78 is 5.98. The van der Waals surface area contributed by atoms with Crippen molar-refractivity contribution >= 4 is 22.7 Å². The van der Waals surface area contributed by atoms with Gasteiger partial charge in [0.15, 0.2) is 0 Å². The third-order valence-electron chi connectivity index (χ3n) is 3.15. The number of nitriles is 1. The maximum Gasteiger partial charge on any atom is 0.146 e. The molecule has 0 N–H and O–H groups in total. The Hall–Kier alpha value is -2.51. The van der Waals surface area contributed by atoms with Crippen molar-refractivity contribution in [1.82, 2.24) is 4.98 Å². The highest BCUT2D eigenvalue weighted by Gasteiger charge is 2.11. The summed E-state index contributed by atoms with van der Waals surface area (Å²) in [6, 6.07) is 17.4. The summed E-state index contributed by atoms with van der Waals surface area (Å²) in [7, 11) is 0. The van der Waals surface area contributed by atoms with Crippen LogP contribution in [-0.4, -0.2) is 11.2 Å². The number of thioether (sulfide) groups is 1. The summed E-state index contributed by atoms with van der Waals surface area (Å²) >= 11 is 1.53. The lowest BCUT2D eigenvalue weighted by Gasteiger charge is -2.11. The lowest BCUT2D eigenvalue weighted by atomic mass is 10.2. The average molecular weight is 292 g/mol. The van der Waals surface area contributed by atoms with Gasteiger partial charge >= 0.3 is 0 Å². The van der Waals surface area contributed by atoms with Gasteiger partial charge in [0.25, 0.3) is 0 Å². The maximum absolute atomic E-state index is 9.37. The van der Waals surface area contributed by atoms with E-state index in [9.17, 15) is 5.26 Å². The Morgan fingerprint density at radius 3 is 2.67 bits per heavy atom. The van der Waals surface area contributed by atoms with E-state index >= 15 is 0 Å². The molecular formula is C17H12N2OS. The van der Waals surface area contributed by atoms with Gasteiger partial charge in [-0.05, 0) is 42.7 Å². The molecule has 0 fully saturated rings. The second-order valence-corrected chi connectivity index (χ2v) is 5.22. The largest absolute Gasteiger partial charge is 0.455 e. The van der Waals surface area contributed by atoms with Gasteiger partial charge in [-0.15, -0.1) is 11.8 Å². The van der Waals surface area contributed by atoms with Crippen LogP contribution in [0.4, 0.5) is 0 Å². The van der Waals surface area contributed by atoms with Crippen molar-refractivity contribution in [3.8, 4) is 17.6 Å². The number of hydrogen-bond acceptors (Lipinski definition) is 4. The molecule has 0 saturated carbocycles. The predicted octanol–water partition coefficient (Wildman–Crippen LogP) is 4.62. The van der Waals surface area contributed by atoms with Crippen LogP contribution in [0.3, 0.4) is 0 Å². The molecule has 0 aliphatic carbocycles. The number of hydrogen-bond donors (Lipinski definition) is 0. The molecule has 0 saturated heterocycles. The van der Waals surface area contributed by atoms with E-state index in [4.69, 9.17) is 4.74 Å². The number of fused-ring (bicyclic) bond motifs is 1. The molecule has 0 radical (unpaired) electrons. The van der Waals surface area contributed by atoms with Gasteiger partial charge in [0.1, 0.15) is 23.1 Å². The summed E-state index contributed by atoms with van der Waals surface area (Å²) in [6.45, 7) is 0. The quantitative estimate of drug-likeness (QED) is 0.661. The van der Waals surface area contributed by atoms with Crippen LogP contribution < -0.4 is 4.74 Å². The van der Waals surface area contributed by atoms with Crippen LogP contribution in [0.5, 0.6) is 11.5 Å². The fraction of sp³-hybridized carbons (Fsp3) is 0.0588. The van der Waals surface area contributed by atoms with Gasteiger partial charge in [-0.1, -0.05) is 12.1 Å². The van der Waals surface area contributed by atoms with Gasteiger partial charge < -0.3 is 4.74 Å². The molecule has 1 heterocycles. The SMILES string of the molecule is CSc1cccc(Oc2cccc3ncccc23)c1C#N. The first-order valence-electron chi connectivity index (χ1n) is 6.42. The third-order valence-corrected chi connectivity index (χ3v) is 3.93. The minimum Gasteiger partial charge on any atom is -0.455 e. The highest BCUT2D eigenvalue weighted by atomic mass is 32.2. The predicted molar refractivity (Wildman–Crippen MR) is 84.8 cm³/mol. The van der Waals surface area contributed by atoms with E-state index in [1.165, 1.54) is 11.8 Å². The van der Waals surface area contributed by atoms with Gasteiger partial charge in [-0.25, -0.2) is 0 Å². The highest BCUT2D eigenvalue weighted by Crippen LogP contribution is 2.34. The molecule has 2 aromatic carbocycles. The van der Waals surface area contributed by atoms with Gasteiger partial charge in [0.2, 0.25) is 0 Å². The van der Waals surface area contributed by atoms with Gasteiger partial charge in [0.05, 0.1) is 5.52 Å². The Labute approximate surface area is 127 Å². The van der Waals surface area contributed by atoms with E-state index in [1.54, 1.807) is 6.20 Å². The summed E-state index contributed by atoms with van der Waals surface area (Å²) in [5, 5.41) is 10.3. The van der Waals surface area contributed by atoms with Crippen LogP contribution in [0.1, 0.15) is 5.56 Å². The molecule has 0 unspecified atom stereocenters. The topological polar surface area (TPSA) is 45.9 Å². The van der Waals surface area contributed by atoms with E-state index in [2.05, 4.69) is 11.1 Å². The molecule has 0 bridgehead atoms. The van der Waals surface area contributed by atoms with Crippen molar-refractivity contribution in [3.05, 3.63) is 60.3 Å². The molecule has 1 aromatic heterocycles. The first-order chi connectivity index (χ1) is 10.3. The van der Waals surface area contributed by atoms with Crippen molar-refractivity contribution in [1.29, 1.82) is 5.26 Å². The number of pyridine rings is 1. The van der Waals surface area contributed by atoms with E-state index in [0.29, 0.717) is 17.1 Å². The Morgan fingerprint density at radius 1 is 1.05 bits per heavy atom. The Bertz CT molecular complexity index is 834. The fourth-order valence-electron chi connectivity index (χ4n) is 2.16. The molecule has 0 amide bonds. The number of nitrogens with zero attached hydrogens (tertiary/aromatic N) is 2. The summed E-state index contributed by atoms with van der Waals surface area (Å²) in [4.78, 5) is 5.22. The molecule has 21 heavy (non-hydrogen) atoms. The van der Waals surface area contributed by atoms with Crippen molar-refractivity contribution in [2.24, 2.45) is 0 Å². The second-order valence-electron chi connectivity index (χ2n) is 4.37. The van der Waals surface area contributed by atoms with E-state index < -0.39 is 0 Å². The molecular weight excluding hydrogens is 280 g/mol. The Morgan fingerprint density at radius 2 is 1.86 bits per heavy atom. The van der Waals surface area contributed by atoms with Crippen molar-refractivity contribution < 1.29 is 4.74 Å². The van der Waals surface area contributed by atoms with Gasteiger partial charge in [-0.2, -0.15) is 5.26 Å². The maximum atomic E-state index is 9.37. The molecule has 3 aromatic rings. The summed E-state index contributed by atoms with van der Waals surface area (Å²) in [5.74, 6) is 1.27. The number of rotatable bonds is 3. The smallest absolute Gasteiger partial charge is 0.146 e. The normalized spacial score (nSPS) is 10.3. The lowest BCUT2D eigenvalue weighted by Crippen LogP contribution is -1.91. The zero-order valence-corrected chi connectivity index (χ0v) is 12.2. The minimum atomic E-state index is 0.561. The fourth-order valence-corrected chi connectivity index (χ4v) is 2.72. The first-order valence-corrected chi connectivity index (χ1v) is 7.64. The van der Waals surface area contributed by atoms with Crippen LogP contribution >= 0.6 is 11.8 Å². The molecule has 0 spiro atoms. The zero-order valence-electron chi connectivity index (χ0n) is 11.4. The van der Waals surface area contributed by atoms with Crippen molar-refractivity contribution in [3.63, 3.8) is 0 Å². The number of aromatic nitrogens is 1. The van der Waals surface area contributed by atoms with Crippen LogP contribution in [0.25, 0.3) is 10.9 Å². The molecule has 0 aliphatic rings. The zero-order chi connectivity index (χ0) is 14.7. The number of benzene rings is 2. The molecule has 102 valence electrons. The van der Waals surface area contributed by atoms with Gasteiger partial charge in [0, 0.05) is 16.5 Å². The van der Waals surface area contributed by atoms with E-state index in [1.807, 2.05) is 54.8 Å². The molecule has 0 atom stereocenters. The van der Waals surface area contributed by atoms with Crippen LogP contribution in [0, 0.1) is 11.3 Å². The average Bonchev–Trinajstić information content (AvgIpc) is 2.55. The Balaban J connectivity index is 2.10. The standard InChI is InChI=1S/C17H12N2OS/c1-21-17-9-3-8-16(13(17)11-18)20-15-7-2-6-14-12(15)5-4-10-19-14/h2-10H,1H3. The highest BCUT2D eigenvalue weighted by molar-refractivity contribution is 7.98. The molecule has 0 aliphatic heterocycles. The summed E-state index contributed by atoms with van der Waals surface area (Å²) in [6.07, 6.45) is 3.70. The van der Waals surface area contributed by atoms with Crippen molar-refractivity contribution in [2.45, 2.75) is 4.90 Å². The van der Waals surface area contributed by atoms with Crippen LogP contribution in [0.2, 0.25) is 0 Å². The van der Waals surface area contributed by atoms with Crippen LogP contribution in [0.15, 0.2) is 59.6 Å². The minimum absolute atomic E-state index is 0.561. The molecule has 4 heteroatoms.